The van der Waals surface area contributed by atoms with Gasteiger partial charge in [0, 0.05) is 23.6 Å². The molecule has 4 rings (SSSR count). The van der Waals surface area contributed by atoms with E-state index in [4.69, 9.17) is 0 Å². The number of carbonyl (C=O) groups is 1. The van der Waals surface area contributed by atoms with E-state index in [0.717, 1.165) is 24.1 Å². The van der Waals surface area contributed by atoms with E-state index in [1.54, 1.807) is 19.3 Å². The maximum absolute atomic E-state index is 12.5. The Bertz CT molecular complexity index is 1040. The van der Waals surface area contributed by atoms with Crippen LogP contribution in [0, 0.1) is 17.2 Å². The van der Waals surface area contributed by atoms with Crippen LogP contribution in [-0.2, 0) is 4.79 Å². The highest BCUT2D eigenvalue weighted by molar-refractivity contribution is 7.99. The molecule has 1 aliphatic carbocycles. The summed E-state index contributed by atoms with van der Waals surface area (Å²) in [6.45, 7) is 1.79. The fraction of sp³-hybridized carbons (Fsp3) is 0.286. The van der Waals surface area contributed by atoms with Crippen LogP contribution >= 0.6 is 11.8 Å². The minimum Gasteiger partial charge on any atom is -0.337 e. The summed E-state index contributed by atoms with van der Waals surface area (Å²) in [4.78, 5) is 16.6. The third-order valence-electron chi connectivity index (χ3n) is 4.94. The summed E-state index contributed by atoms with van der Waals surface area (Å²) in [6.07, 6.45) is 5.38. The van der Waals surface area contributed by atoms with Crippen molar-refractivity contribution in [3.63, 3.8) is 0 Å². The van der Waals surface area contributed by atoms with Gasteiger partial charge in [-0.15, -0.1) is 10.2 Å². The second-order valence-electron chi connectivity index (χ2n) is 7.14. The van der Waals surface area contributed by atoms with Gasteiger partial charge < -0.3 is 5.32 Å². The summed E-state index contributed by atoms with van der Waals surface area (Å²) in [7, 11) is 0. The van der Waals surface area contributed by atoms with Crippen molar-refractivity contribution >= 4 is 17.7 Å². The minimum atomic E-state index is -0.799. The molecule has 1 amide bonds. The van der Waals surface area contributed by atoms with Gasteiger partial charge in [0.05, 0.1) is 11.8 Å². The van der Waals surface area contributed by atoms with E-state index in [2.05, 4.69) is 26.6 Å². The lowest BCUT2D eigenvalue weighted by molar-refractivity contribution is -0.119. The van der Waals surface area contributed by atoms with Crippen molar-refractivity contribution in [1.82, 2.24) is 25.1 Å². The molecule has 0 bridgehead atoms. The van der Waals surface area contributed by atoms with Gasteiger partial charge in [-0.25, -0.2) is 0 Å². The zero-order valence-electron chi connectivity index (χ0n) is 15.9. The van der Waals surface area contributed by atoms with Crippen LogP contribution in [-0.4, -0.2) is 36.9 Å². The number of hydrogen-bond donors (Lipinski definition) is 1. The Morgan fingerprint density at radius 3 is 2.62 bits per heavy atom. The van der Waals surface area contributed by atoms with Crippen LogP contribution in [0.15, 0.2) is 60.0 Å². The smallest absolute Gasteiger partial charge is 0.231 e. The van der Waals surface area contributed by atoms with Gasteiger partial charge >= 0.3 is 0 Å². The summed E-state index contributed by atoms with van der Waals surface area (Å²) >= 11 is 1.30. The monoisotopic (exact) mass is 404 g/mol. The lowest BCUT2D eigenvalue weighted by Gasteiger charge is -2.22. The first-order valence-electron chi connectivity index (χ1n) is 9.37. The Hall–Kier alpha value is -3.18. The molecule has 0 spiro atoms. The van der Waals surface area contributed by atoms with Crippen molar-refractivity contribution in [3.8, 4) is 23.1 Å². The van der Waals surface area contributed by atoms with Gasteiger partial charge in [0.1, 0.15) is 5.54 Å². The molecule has 3 aromatic rings. The summed E-state index contributed by atoms with van der Waals surface area (Å²) in [5.41, 5.74) is 0.998. The summed E-state index contributed by atoms with van der Waals surface area (Å²) in [5, 5.41) is 21.6. The Kier molecular flexibility index (Phi) is 5.32. The molecule has 0 radical (unpaired) electrons. The maximum Gasteiger partial charge on any atom is 0.231 e. The van der Waals surface area contributed by atoms with E-state index in [9.17, 15) is 10.1 Å². The SMILES string of the molecule is CC(C#N)(NC(=O)CSc1nnc(-c2ccncc2)n1-c1ccccc1)C1CC1. The number of carbonyl (C=O) groups excluding carboxylic acids is 1. The fourth-order valence-electron chi connectivity index (χ4n) is 3.20. The van der Waals surface area contributed by atoms with Crippen molar-refractivity contribution in [1.29, 1.82) is 5.26 Å². The summed E-state index contributed by atoms with van der Waals surface area (Å²) in [6, 6.07) is 15.8. The molecule has 0 aliphatic heterocycles. The lowest BCUT2D eigenvalue weighted by atomic mass is 9.98. The second kappa shape index (κ2) is 8.05. The third-order valence-corrected chi connectivity index (χ3v) is 5.87. The molecule has 29 heavy (non-hydrogen) atoms. The quantitative estimate of drug-likeness (QED) is 0.607. The molecule has 8 heteroatoms. The number of nitrogens with one attached hydrogen (secondary N) is 1. The van der Waals surface area contributed by atoms with Gasteiger partial charge in [-0.1, -0.05) is 30.0 Å². The van der Waals surface area contributed by atoms with E-state index < -0.39 is 5.54 Å². The standard InChI is InChI=1S/C21H20N6OS/c1-21(14-22,16-7-8-16)24-18(28)13-29-20-26-25-19(15-9-11-23-12-10-15)27(20)17-5-3-2-4-6-17/h2-6,9-12,16H,7-8,13H2,1H3,(H,24,28). The highest BCUT2D eigenvalue weighted by Crippen LogP contribution is 2.39. The molecular formula is C21H20N6OS. The molecule has 1 fully saturated rings. The van der Waals surface area contributed by atoms with E-state index in [1.165, 1.54) is 11.8 Å². The average Bonchev–Trinajstić information content (AvgIpc) is 3.54. The van der Waals surface area contributed by atoms with E-state index in [0.29, 0.717) is 11.0 Å². The molecule has 1 atom stereocenters. The average molecular weight is 404 g/mol. The number of para-hydroxylation sites is 1. The van der Waals surface area contributed by atoms with Crippen molar-refractivity contribution in [3.05, 3.63) is 54.9 Å². The molecule has 1 N–H and O–H groups in total. The van der Waals surface area contributed by atoms with Crippen LogP contribution in [0.1, 0.15) is 19.8 Å². The van der Waals surface area contributed by atoms with E-state index >= 15 is 0 Å². The van der Waals surface area contributed by atoms with E-state index in [-0.39, 0.29) is 17.6 Å². The van der Waals surface area contributed by atoms with Gasteiger partial charge in [-0.3, -0.25) is 14.3 Å². The molecular weight excluding hydrogens is 384 g/mol. The number of hydrogen-bond acceptors (Lipinski definition) is 6. The molecule has 2 heterocycles. The number of rotatable bonds is 7. The second-order valence-corrected chi connectivity index (χ2v) is 8.08. The molecule has 2 aromatic heterocycles. The van der Waals surface area contributed by atoms with Crippen molar-refractivity contribution < 1.29 is 4.79 Å². The lowest BCUT2D eigenvalue weighted by Crippen LogP contribution is -2.47. The first kappa shape index (κ1) is 19.2. The molecule has 1 saturated carbocycles. The zero-order chi connectivity index (χ0) is 20.3. The van der Waals surface area contributed by atoms with Gasteiger partial charge in [0.15, 0.2) is 11.0 Å². The Morgan fingerprint density at radius 2 is 1.97 bits per heavy atom. The van der Waals surface area contributed by atoms with Gasteiger partial charge in [0.25, 0.3) is 0 Å². The van der Waals surface area contributed by atoms with Crippen molar-refractivity contribution in [2.45, 2.75) is 30.5 Å². The van der Waals surface area contributed by atoms with E-state index in [1.807, 2.05) is 47.0 Å². The number of benzene rings is 1. The number of amides is 1. The Labute approximate surface area is 173 Å². The van der Waals surface area contributed by atoms with Crippen LogP contribution < -0.4 is 5.32 Å². The number of aromatic nitrogens is 4. The first-order chi connectivity index (χ1) is 14.1. The van der Waals surface area contributed by atoms with Gasteiger partial charge in [-0.05, 0) is 49.9 Å². The molecule has 146 valence electrons. The zero-order valence-corrected chi connectivity index (χ0v) is 16.8. The van der Waals surface area contributed by atoms with Crippen LogP contribution in [0.25, 0.3) is 17.1 Å². The third kappa shape index (κ3) is 4.15. The van der Waals surface area contributed by atoms with Crippen molar-refractivity contribution in [2.24, 2.45) is 5.92 Å². The fourth-order valence-corrected chi connectivity index (χ4v) is 3.95. The van der Waals surface area contributed by atoms with Crippen LogP contribution in [0.5, 0.6) is 0 Å². The largest absolute Gasteiger partial charge is 0.337 e. The number of nitriles is 1. The molecule has 0 saturated heterocycles. The Morgan fingerprint density at radius 1 is 1.24 bits per heavy atom. The van der Waals surface area contributed by atoms with Gasteiger partial charge in [-0.2, -0.15) is 5.26 Å². The predicted octanol–water partition coefficient (Wildman–Crippen LogP) is 3.23. The first-order valence-corrected chi connectivity index (χ1v) is 10.4. The normalized spacial score (nSPS) is 15.3. The number of thioether (sulfide) groups is 1. The number of nitrogens with zero attached hydrogens (tertiary/aromatic N) is 5. The number of pyridine rings is 1. The van der Waals surface area contributed by atoms with Gasteiger partial charge in [0.2, 0.25) is 5.91 Å². The molecule has 7 nitrogen and oxygen atoms in total. The van der Waals surface area contributed by atoms with Crippen LogP contribution in [0.2, 0.25) is 0 Å². The Balaban J connectivity index is 1.57. The molecule has 1 aliphatic rings. The predicted molar refractivity (Wildman–Crippen MR) is 110 cm³/mol. The highest BCUT2D eigenvalue weighted by atomic mass is 32.2. The minimum absolute atomic E-state index is 0.158. The highest BCUT2D eigenvalue weighted by Gasteiger charge is 2.43. The summed E-state index contributed by atoms with van der Waals surface area (Å²) in [5.74, 6) is 0.902. The van der Waals surface area contributed by atoms with Crippen molar-refractivity contribution in [2.75, 3.05) is 5.75 Å². The maximum atomic E-state index is 12.5. The van der Waals surface area contributed by atoms with Crippen LogP contribution in [0.3, 0.4) is 0 Å². The molecule has 1 aromatic carbocycles. The summed E-state index contributed by atoms with van der Waals surface area (Å²) < 4.78 is 1.93. The van der Waals surface area contributed by atoms with Crippen LogP contribution in [0.4, 0.5) is 0 Å². The molecule has 1 unspecified atom stereocenters. The topological polar surface area (TPSA) is 96.5 Å².